The fourth-order valence-electron chi connectivity index (χ4n) is 3.49. The Balaban J connectivity index is 1.71. The minimum atomic E-state index is -0.477. The zero-order valence-electron chi connectivity index (χ0n) is 15.0. The Kier molecular flexibility index (Phi) is 4.28. The molecule has 0 radical (unpaired) electrons. The summed E-state index contributed by atoms with van der Waals surface area (Å²) in [4.78, 5) is 29.6. The number of esters is 1. The number of carbonyl (C=O) groups is 1. The predicted octanol–water partition coefficient (Wildman–Crippen LogP) is 3.49. The summed E-state index contributed by atoms with van der Waals surface area (Å²) in [5.74, 6) is 2.25. The van der Waals surface area contributed by atoms with Crippen molar-refractivity contribution >= 4 is 28.6 Å². The third kappa shape index (κ3) is 2.91. The van der Waals surface area contributed by atoms with Crippen molar-refractivity contribution in [3.05, 3.63) is 65.9 Å². The highest BCUT2D eigenvalue weighted by Gasteiger charge is 2.39. The molecule has 0 spiro atoms. The molecule has 4 rings (SSSR count). The van der Waals surface area contributed by atoms with E-state index in [1.807, 2.05) is 43.2 Å². The largest absolute Gasteiger partial charge is 0.426 e. The van der Waals surface area contributed by atoms with E-state index in [0.29, 0.717) is 5.75 Å². The van der Waals surface area contributed by atoms with Gasteiger partial charge in [-0.2, -0.15) is 0 Å². The van der Waals surface area contributed by atoms with Gasteiger partial charge in [-0.05, 0) is 36.8 Å². The molecule has 0 aliphatic carbocycles. The molecule has 1 atom stereocenters. The molecule has 3 aromatic rings. The van der Waals surface area contributed by atoms with Crippen LogP contribution in [-0.4, -0.2) is 28.7 Å². The highest BCUT2D eigenvalue weighted by Crippen LogP contribution is 2.41. The second-order valence-corrected chi connectivity index (χ2v) is 6.41. The molecule has 1 aromatic heterocycles. The molecule has 0 fully saturated rings. The zero-order chi connectivity index (χ0) is 19.0. The number of aromatic nitrogens is 1. The van der Waals surface area contributed by atoms with Crippen LogP contribution in [0.3, 0.4) is 0 Å². The van der Waals surface area contributed by atoms with Gasteiger partial charge >= 0.3 is 5.97 Å². The lowest BCUT2D eigenvalue weighted by Gasteiger charge is -2.22. The number of rotatable bonds is 4. The van der Waals surface area contributed by atoms with Gasteiger partial charge in [0.05, 0.1) is 24.7 Å². The van der Waals surface area contributed by atoms with Gasteiger partial charge in [0.25, 0.3) is 0 Å². The normalized spacial score (nSPS) is 15.7. The first-order valence-electron chi connectivity index (χ1n) is 8.59. The van der Waals surface area contributed by atoms with Crippen molar-refractivity contribution in [1.82, 2.24) is 9.63 Å². The number of nitrogens with zero attached hydrogens (tertiary/aromatic N) is 2. The summed E-state index contributed by atoms with van der Waals surface area (Å²) in [5.41, 5.74) is 2.75. The summed E-state index contributed by atoms with van der Waals surface area (Å²) in [6.07, 6.45) is 0.0310. The monoisotopic (exact) mass is 362 g/mol. The topological polar surface area (TPSA) is 60.8 Å². The van der Waals surface area contributed by atoms with E-state index in [4.69, 9.17) is 9.57 Å². The number of fused-ring (bicyclic) bond motifs is 3. The molecule has 1 aliphatic rings. The lowest BCUT2D eigenvalue weighted by atomic mass is 10.1. The van der Waals surface area contributed by atoms with Gasteiger partial charge < -0.3 is 4.74 Å². The van der Waals surface area contributed by atoms with Crippen molar-refractivity contribution in [1.29, 1.82) is 0 Å². The summed E-state index contributed by atoms with van der Waals surface area (Å²) >= 11 is 0. The van der Waals surface area contributed by atoms with Crippen molar-refractivity contribution in [3.8, 4) is 5.75 Å². The number of ether oxygens (including phenoxy) is 1. The van der Waals surface area contributed by atoms with E-state index in [1.54, 1.807) is 28.8 Å². The van der Waals surface area contributed by atoms with Crippen molar-refractivity contribution in [3.63, 3.8) is 0 Å². The Morgan fingerprint density at radius 2 is 1.93 bits per heavy atom. The maximum absolute atomic E-state index is 12.5. The van der Waals surface area contributed by atoms with Crippen LogP contribution < -0.4 is 4.74 Å². The van der Waals surface area contributed by atoms with E-state index in [1.165, 1.54) is 12.2 Å². The van der Waals surface area contributed by atoms with Gasteiger partial charge in [0, 0.05) is 5.39 Å². The van der Waals surface area contributed by atoms with E-state index in [9.17, 15) is 9.59 Å². The maximum Gasteiger partial charge on any atom is 0.313 e. The summed E-state index contributed by atoms with van der Waals surface area (Å²) in [7, 11) is 1.47. The quantitative estimate of drug-likeness (QED) is 0.404. The third-order valence-corrected chi connectivity index (χ3v) is 4.66. The lowest BCUT2D eigenvalue weighted by molar-refractivity contribution is -0.143. The van der Waals surface area contributed by atoms with Crippen molar-refractivity contribution < 1.29 is 19.2 Å². The molecular weight excluding hydrogens is 344 g/mol. The molecule has 0 saturated carbocycles. The van der Waals surface area contributed by atoms with E-state index >= 15 is 0 Å². The van der Waals surface area contributed by atoms with Crippen LogP contribution in [-0.2, 0) is 14.4 Å². The number of para-hydroxylation sites is 1. The van der Waals surface area contributed by atoms with Gasteiger partial charge in [-0.15, -0.1) is 0 Å². The van der Waals surface area contributed by atoms with E-state index < -0.39 is 12.0 Å². The SMILES string of the molecule is CON1C(=C=O)n2c(cc3ccc(C)cc32)C1CC(=O)Oc1ccccc1. The van der Waals surface area contributed by atoms with Crippen LogP contribution in [0.25, 0.3) is 16.7 Å². The van der Waals surface area contributed by atoms with Gasteiger partial charge in [-0.1, -0.05) is 30.3 Å². The first-order chi connectivity index (χ1) is 13.1. The van der Waals surface area contributed by atoms with Crippen LogP contribution >= 0.6 is 0 Å². The molecule has 6 nitrogen and oxygen atoms in total. The summed E-state index contributed by atoms with van der Waals surface area (Å²) < 4.78 is 7.20. The van der Waals surface area contributed by atoms with Gasteiger partial charge in [0.2, 0.25) is 5.82 Å². The highest BCUT2D eigenvalue weighted by atomic mass is 16.7. The Hall–Kier alpha value is -3.34. The summed E-state index contributed by atoms with van der Waals surface area (Å²) in [5, 5.41) is 2.40. The first kappa shape index (κ1) is 17.1. The molecule has 0 amide bonds. The Morgan fingerprint density at radius 1 is 1.15 bits per heavy atom. The average molecular weight is 362 g/mol. The van der Waals surface area contributed by atoms with Crippen LogP contribution in [0, 0.1) is 6.92 Å². The van der Waals surface area contributed by atoms with Gasteiger partial charge in [0.15, 0.2) is 5.94 Å². The van der Waals surface area contributed by atoms with Crippen LogP contribution in [0.1, 0.15) is 23.7 Å². The maximum atomic E-state index is 12.5. The molecular formula is C21H18N2O4. The van der Waals surface area contributed by atoms with Gasteiger partial charge in [0.1, 0.15) is 11.8 Å². The highest BCUT2D eigenvalue weighted by molar-refractivity contribution is 5.91. The molecule has 136 valence electrons. The Bertz CT molecular complexity index is 1060. The molecule has 2 heterocycles. The molecule has 1 aliphatic heterocycles. The van der Waals surface area contributed by atoms with Crippen molar-refractivity contribution in [2.24, 2.45) is 0 Å². The van der Waals surface area contributed by atoms with Crippen molar-refractivity contribution in [2.75, 3.05) is 7.11 Å². The summed E-state index contributed by atoms with van der Waals surface area (Å²) in [6.45, 7) is 1.99. The van der Waals surface area contributed by atoms with Crippen LogP contribution in [0.2, 0.25) is 0 Å². The van der Waals surface area contributed by atoms with E-state index in [2.05, 4.69) is 0 Å². The lowest BCUT2D eigenvalue weighted by Crippen LogP contribution is -2.25. The number of benzene rings is 2. The smallest absolute Gasteiger partial charge is 0.313 e. The number of aryl methyl sites for hydroxylation is 1. The number of hydrogen-bond acceptors (Lipinski definition) is 5. The van der Waals surface area contributed by atoms with Crippen LogP contribution in [0.15, 0.2) is 54.6 Å². The fraction of sp³-hybridized carbons (Fsp3) is 0.190. The molecule has 6 heteroatoms. The van der Waals surface area contributed by atoms with E-state index in [0.717, 1.165) is 22.2 Å². The number of hydrogen-bond donors (Lipinski definition) is 0. The molecule has 0 bridgehead atoms. The van der Waals surface area contributed by atoms with Crippen LogP contribution in [0.5, 0.6) is 5.75 Å². The van der Waals surface area contributed by atoms with Crippen molar-refractivity contribution in [2.45, 2.75) is 19.4 Å². The summed E-state index contributed by atoms with van der Waals surface area (Å²) in [6, 6.07) is 16.4. The predicted molar refractivity (Wildman–Crippen MR) is 100 cm³/mol. The molecule has 1 unspecified atom stereocenters. The zero-order valence-corrected chi connectivity index (χ0v) is 15.0. The first-order valence-corrected chi connectivity index (χ1v) is 8.59. The average Bonchev–Trinajstić information content (AvgIpc) is 3.16. The van der Waals surface area contributed by atoms with E-state index in [-0.39, 0.29) is 12.2 Å². The second kappa shape index (κ2) is 6.76. The number of hydroxylamine groups is 2. The van der Waals surface area contributed by atoms with Crippen LogP contribution in [0.4, 0.5) is 0 Å². The molecule has 0 saturated heterocycles. The molecule has 2 aromatic carbocycles. The third-order valence-electron chi connectivity index (χ3n) is 4.66. The second-order valence-electron chi connectivity index (χ2n) is 6.41. The van der Waals surface area contributed by atoms with Gasteiger partial charge in [-0.25, -0.2) is 9.86 Å². The Morgan fingerprint density at radius 3 is 2.63 bits per heavy atom. The molecule has 0 N–H and O–H groups in total. The Labute approximate surface area is 156 Å². The fourth-order valence-corrected chi connectivity index (χ4v) is 3.49. The minimum absolute atomic E-state index is 0.0310. The molecule has 27 heavy (non-hydrogen) atoms. The standard InChI is InChI=1S/C21H18N2O4/c1-14-8-9-15-11-18-19(12-21(25)27-16-6-4-3-5-7-16)23(26-2)20(13-24)22(18)17(15)10-14/h3-11,19H,12H2,1-2H3. The minimum Gasteiger partial charge on any atom is -0.426 e. The number of carbonyl (C=O) groups excluding carboxylic acids is 2. The van der Waals surface area contributed by atoms with Gasteiger partial charge in [-0.3, -0.25) is 14.2 Å².